The molecule has 2 aromatic carbocycles. The Hall–Kier alpha value is -2.82. The van der Waals surface area contributed by atoms with Gasteiger partial charge in [-0.25, -0.2) is 4.39 Å². The van der Waals surface area contributed by atoms with Gasteiger partial charge in [-0.15, -0.1) is 0 Å². The van der Waals surface area contributed by atoms with E-state index in [0.717, 1.165) is 0 Å². The molecule has 2 aromatic rings. The first-order valence-electron chi connectivity index (χ1n) is 7.39. The average Bonchev–Trinajstić information content (AvgIpc) is 2.57. The molecule has 5 heteroatoms. The standard InChI is InChI=1S/C13H13FO4.C6H6/c1-8(16)12(13(17)18)11(6-7-15)9-2-4-10(14)5-3-9;1-2-4-6-5-3-1/h2-5,7,11-12H,6H2,1H3,(H,17,18);1-6H. The second-order valence-electron chi connectivity index (χ2n) is 5.14. The SMILES string of the molecule is CC(=O)C(C(=O)O)C(CC=O)c1ccc(F)cc1.c1ccccc1. The van der Waals surface area contributed by atoms with Crippen LogP contribution in [0.5, 0.6) is 0 Å². The number of hydrogen-bond acceptors (Lipinski definition) is 3. The van der Waals surface area contributed by atoms with E-state index in [-0.39, 0.29) is 6.42 Å². The molecule has 0 aliphatic heterocycles. The second kappa shape index (κ2) is 10.0. The van der Waals surface area contributed by atoms with Crippen LogP contribution in [0.1, 0.15) is 24.8 Å². The van der Waals surface area contributed by atoms with Crippen molar-refractivity contribution in [2.45, 2.75) is 19.3 Å². The molecular weight excluding hydrogens is 311 g/mol. The summed E-state index contributed by atoms with van der Waals surface area (Å²) in [6.07, 6.45) is 0.467. The first-order valence-corrected chi connectivity index (χ1v) is 7.39. The van der Waals surface area contributed by atoms with E-state index in [1.807, 2.05) is 36.4 Å². The minimum absolute atomic E-state index is 0.0951. The van der Waals surface area contributed by atoms with Gasteiger partial charge in [0, 0.05) is 12.3 Å². The summed E-state index contributed by atoms with van der Waals surface area (Å²) >= 11 is 0. The molecule has 0 aliphatic rings. The van der Waals surface area contributed by atoms with Crippen LogP contribution in [0.25, 0.3) is 0 Å². The topological polar surface area (TPSA) is 71.4 Å². The van der Waals surface area contributed by atoms with Gasteiger partial charge in [0.05, 0.1) is 0 Å². The normalized spacial score (nSPS) is 12.2. The third kappa shape index (κ3) is 6.12. The van der Waals surface area contributed by atoms with Crippen molar-refractivity contribution in [1.29, 1.82) is 0 Å². The van der Waals surface area contributed by atoms with Gasteiger partial charge in [-0.2, -0.15) is 0 Å². The van der Waals surface area contributed by atoms with Crippen LogP contribution in [0.15, 0.2) is 60.7 Å². The molecule has 2 atom stereocenters. The van der Waals surface area contributed by atoms with Gasteiger partial charge in [-0.3, -0.25) is 9.59 Å². The summed E-state index contributed by atoms with van der Waals surface area (Å²) in [5.74, 6) is -4.32. The number of rotatable bonds is 6. The largest absolute Gasteiger partial charge is 0.481 e. The maximum atomic E-state index is 12.8. The minimum Gasteiger partial charge on any atom is -0.481 e. The van der Waals surface area contributed by atoms with E-state index in [2.05, 4.69) is 0 Å². The lowest BCUT2D eigenvalue weighted by Crippen LogP contribution is -2.28. The Morgan fingerprint density at radius 2 is 1.50 bits per heavy atom. The minimum atomic E-state index is -1.29. The highest BCUT2D eigenvalue weighted by atomic mass is 19.1. The number of ketones is 1. The van der Waals surface area contributed by atoms with Crippen molar-refractivity contribution in [1.82, 2.24) is 0 Å². The molecule has 1 N–H and O–H groups in total. The lowest BCUT2D eigenvalue weighted by atomic mass is 9.82. The molecule has 0 spiro atoms. The fourth-order valence-corrected chi connectivity index (χ4v) is 2.29. The van der Waals surface area contributed by atoms with Crippen LogP contribution < -0.4 is 0 Å². The highest BCUT2D eigenvalue weighted by Gasteiger charge is 2.33. The van der Waals surface area contributed by atoms with Crippen molar-refractivity contribution in [3.05, 3.63) is 72.0 Å². The molecule has 2 rings (SSSR count). The number of aldehydes is 1. The smallest absolute Gasteiger partial charge is 0.314 e. The van der Waals surface area contributed by atoms with E-state index >= 15 is 0 Å². The Morgan fingerprint density at radius 3 is 1.83 bits per heavy atom. The van der Waals surface area contributed by atoms with E-state index in [4.69, 9.17) is 5.11 Å². The molecule has 0 amide bonds. The molecule has 0 fully saturated rings. The number of carbonyl (C=O) groups excluding carboxylic acids is 2. The molecule has 0 aliphatic carbocycles. The van der Waals surface area contributed by atoms with Gasteiger partial charge in [-0.05, 0) is 24.6 Å². The lowest BCUT2D eigenvalue weighted by Gasteiger charge is -2.20. The Morgan fingerprint density at radius 1 is 1.04 bits per heavy atom. The van der Waals surface area contributed by atoms with E-state index in [0.29, 0.717) is 11.8 Å². The number of carbonyl (C=O) groups is 3. The van der Waals surface area contributed by atoms with Gasteiger partial charge in [0.2, 0.25) is 0 Å². The van der Waals surface area contributed by atoms with E-state index in [1.165, 1.54) is 31.2 Å². The third-order valence-electron chi connectivity index (χ3n) is 3.42. The average molecular weight is 330 g/mol. The van der Waals surface area contributed by atoms with Crippen LogP contribution in [0, 0.1) is 11.7 Å². The molecular formula is C19H19FO4. The van der Waals surface area contributed by atoms with E-state index in [9.17, 15) is 18.8 Å². The summed E-state index contributed by atoms with van der Waals surface area (Å²) in [7, 11) is 0. The highest BCUT2D eigenvalue weighted by molar-refractivity contribution is 5.98. The quantitative estimate of drug-likeness (QED) is 0.650. The molecule has 0 aromatic heterocycles. The predicted molar refractivity (Wildman–Crippen MR) is 88.1 cm³/mol. The number of benzene rings is 2. The molecule has 126 valence electrons. The maximum absolute atomic E-state index is 12.8. The summed E-state index contributed by atoms with van der Waals surface area (Å²) in [5.41, 5.74) is 0.464. The molecule has 0 bridgehead atoms. The van der Waals surface area contributed by atoms with Gasteiger partial charge in [0.15, 0.2) is 0 Å². The molecule has 0 radical (unpaired) electrons. The zero-order valence-corrected chi connectivity index (χ0v) is 13.3. The Labute approximate surface area is 139 Å². The highest BCUT2D eigenvalue weighted by Crippen LogP contribution is 2.28. The fraction of sp³-hybridized carbons (Fsp3) is 0.211. The summed E-state index contributed by atoms with van der Waals surface area (Å²) in [6.45, 7) is 1.17. The van der Waals surface area contributed by atoms with Crippen LogP contribution in [0.2, 0.25) is 0 Å². The number of Topliss-reactive ketones (excluding diaryl/α,β-unsaturated/α-hetero) is 1. The molecule has 0 saturated carbocycles. The van der Waals surface area contributed by atoms with Crippen LogP contribution in [0.3, 0.4) is 0 Å². The molecule has 0 heterocycles. The van der Waals surface area contributed by atoms with Gasteiger partial charge in [-0.1, -0.05) is 48.5 Å². The Kier molecular flexibility index (Phi) is 8.05. The number of carboxylic acids is 1. The van der Waals surface area contributed by atoms with Gasteiger partial charge in [0.1, 0.15) is 23.8 Å². The first kappa shape index (κ1) is 19.2. The van der Waals surface area contributed by atoms with Gasteiger partial charge < -0.3 is 9.90 Å². The molecule has 4 nitrogen and oxygen atoms in total. The van der Waals surface area contributed by atoms with Gasteiger partial charge >= 0.3 is 5.97 Å². The van der Waals surface area contributed by atoms with E-state index < -0.39 is 29.4 Å². The van der Waals surface area contributed by atoms with Crippen molar-refractivity contribution in [2.24, 2.45) is 5.92 Å². The van der Waals surface area contributed by atoms with Crippen LogP contribution in [0.4, 0.5) is 4.39 Å². The van der Waals surface area contributed by atoms with Crippen LogP contribution in [-0.4, -0.2) is 23.1 Å². The molecule has 0 saturated heterocycles. The van der Waals surface area contributed by atoms with Crippen LogP contribution in [-0.2, 0) is 14.4 Å². The first-order chi connectivity index (χ1) is 11.5. The zero-order valence-electron chi connectivity index (χ0n) is 13.3. The number of hydrogen-bond donors (Lipinski definition) is 1. The van der Waals surface area contributed by atoms with Crippen molar-refractivity contribution < 1.29 is 23.9 Å². The van der Waals surface area contributed by atoms with Crippen molar-refractivity contribution in [3.63, 3.8) is 0 Å². The molecule has 24 heavy (non-hydrogen) atoms. The summed E-state index contributed by atoms with van der Waals surface area (Å²) in [4.78, 5) is 33.1. The summed E-state index contributed by atoms with van der Waals surface area (Å²) in [5, 5.41) is 9.05. The van der Waals surface area contributed by atoms with E-state index in [1.54, 1.807) is 0 Å². The second-order valence-corrected chi connectivity index (χ2v) is 5.14. The summed E-state index contributed by atoms with van der Waals surface area (Å²) < 4.78 is 12.8. The zero-order chi connectivity index (χ0) is 17.9. The number of carboxylic acid groups (broad SMARTS) is 1. The van der Waals surface area contributed by atoms with Crippen molar-refractivity contribution >= 4 is 18.0 Å². The Bertz CT molecular complexity index is 612. The fourth-order valence-electron chi connectivity index (χ4n) is 2.29. The van der Waals surface area contributed by atoms with Crippen molar-refractivity contribution in [2.75, 3.05) is 0 Å². The lowest BCUT2D eigenvalue weighted by molar-refractivity contribution is -0.146. The van der Waals surface area contributed by atoms with Gasteiger partial charge in [0.25, 0.3) is 0 Å². The van der Waals surface area contributed by atoms with Crippen molar-refractivity contribution in [3.8, 4) is 0 Å². The van der Waals surface area contributed by atoms with Crippen LogP contribution >= 0.6 is 0 Å². The Balaban J connectivity index is 0.000000400. The monoisotopic (exact) mass is 330 g/mol. The maximum Gasteiger partial charge on any atom is 0.314 e. The number of aliphatic carboxylic acids is 1. The summed E-state index contributed by atoms with van der Waals surface area (Å²) in [6, 6.07) is 17.1. The third-order valence-corrected chi connectivity index (χ3v) is 3.42. The number of halogens is 1. The molecule has 2 unspecified atom stereocenters. The predicted octanol–water partition coefficient (Wildman–Crippen LogP) is 3.47.